The van der Waals surface area contributed by atoms with Crippen LogP contribution in [0.2, 0.25) is 0 Å². The highest BCUT2D eigenvalue weighted by atomic mass is 79.9. The smallest absolute Gasteiger partial charge is 0.312 e. The second kappa shape index (κ2) is 8.40. The third-order valence-corrected chi connectivity index (χ3v) is 8.61. The van der Waals surface area contributed by atoms with Crippen molar-refractivity contribution in [3.05, 3.63) is 84.8 Å². The molecule has 0 radical (unpaired) electrons. The Labute approximate surface area is 194 Å². The zero-order valence-electron chi connectivity index (χ0n) is 17.4. The van der Waals surface area contributed by atoms with Crippen LogP contribution in [0.4, 0.5) is 14.9 Å². The van der Waals surface area contributed by atoms with Crippen molar-refractivity contribution < 1.29 is 9.18 Å². The van der Waals surface area contributed by atoms with E-state index < -0.39 is 0 Å². The van der Waals surface area contributed by atoms with E-state index in [9.17, 15) is 9.18 Å². The van der Waals surface area contributed by atoms with Crippen LogP contribution >= 0.6 is 27.3 Å². The molecule has 0 saturated carbocycles. The minimum absolute atomic E-state index is 0.118. The van der Waals surface area contributed by atoms with Gasteiger partial charge < -0.3 is 10.2 Å². The van der Waals surface area contributed by atoms with Gasteiger partial charge in [0.15, 0.2) is 0 Å². The minimum atomic E-state index is -0.258. The molecule has 1 aromatic heterocycles. The fourth-order valence-corrected chi connectivity index (χ4v) is 6.59. The number of carbonyl (C=O) groups is 1. The number of hydrogen-bond donors (Lipinski definition) is 1. The summed E-state index contributed by atoms with van der Waals surface area (Å²) in [5.41, 5.74) is 5.75. The number of aryl methyl sites for hydroxylation is 2. The maximum atomic E-state index is 13.7. The highest BCUT2D eigenvalue weighted by Gasteiger charge is 2.36. The molecule has 1 atom stereocenters. The number of rotatable bonds is 2. The van der Waals surface area contributed by atoms with Crippen molar-refractivity contribution in [3.8, 4) is 0 Å². The summed E-state index contributed by atoms with van der Waals surface area (Å²) in [6.45, 7) is 2.66. The number of nitrogens with one attached hydrogen (secondary N) is 1. The summed E-state index contributed by atoms with van der Waals surface area (Å²) in [7, 11) is 0. The second-order valence-electron chi connectivity index (χ2n) is 8.35. The molecule has 2 heterocycles. The second-order valence-corrected chi connectivity index (χ2v) is 10.3. The van der Waals surface area contributed by atoms with Crippen LogP contribution in [-0.2, 0) is 19.3 Å². The average Bonchev–Trinajstić information content (AvgIpc) is 3.15. The minimum Gasteiger partial charge on any atom is -0.312 e. The van der Waals surface area contributed by atoms with Crippen LogP contribution in [0.3, 0.4) is 0 Å². The van der Waals surface area contributed by atoms with Gasteiger partial charge in [-0.05, 0) is 91.6 Å². The van der Waals surface area contributed by atoms with Crippen LogP contribution in [0.5, 0.6) is 0 Å². The Morgan fingerprint density at radius 2 is 1.87 bits per heavy atom. The molecule has 0 fully saturated rings. The van der Waals surface area contributed by atoms with Gasteiger partial charge in [0.1, 0.15) is 5.82 Å². The van der Waals surface area contributed by atoms with Gasteiger partial charge in [-0.25, -0.2) is 9.18 Å². The molecule has 0 bridgehead atoms. The Hall–Kier alpha value is -2.18. The number of fused-ring (bicyclic) bond motifs is 3. The summed E-state index contributed by atoms with van der Waals surface area (Å²) in [5.74, 6) is -0.258. The predicted octanol–water partition coefficient (Wildman–Crippen LogP) is 7.02. The maximum Gasteiger partial charge on any atom is 0.322 e. The van der Waals surface area contributed by atoms with Crippen molar-refractivity contribution in [2.75, 3.05) is 11.9 Å². The first-order valence-electron chi connectivity index (χ1n) is 10.7. The first-order chi connectivity index (χ1) is 15.0. The molecule has 2 aromatic carbocycles. The molecular formula is C25H24BrFN2OS. The molecule has 2 aliphatic rings. The number of halogens is 2. The highest BCUT2D eigenvalue weighted by molar-refractivity contribution is 9.10. The molecule has 160 valence electrons. The fourth-order valence-electron chi connectivity index (χ4n) is 4.76. The normalized spacial score (nSPS) is 17.8. The lowest BCUT2D eigenvalue weighted by Crippen LogP contribution is -2.42. The van der Waals surface area contributed by atoms with E-state index in [0.29, 0.717) is 6.54 Å². The molecule has 1 aliphatic carbocycles. The molecule has 0 spiro atoms. The van der Waals surface area contributed by atoms with Crippen LogP contribution in [0.25, 0.3) is 0 Å². The van der Waals surface area contributed by atoms with Gasteiger partial charge in [-0.3, -0.25) is 0 Å². The molecule has 2 amide bonds. The number of nitrogens with zero attached hydrogens (tertiary/aromatic N) is 1. The van der Waals surface area contributed by atoms with Gasteiger partial charge in [0.25, 0.3) is 0 Å². The largest absolute Gasteiger partial charge is 0.322 e. The standard InChI is InChI=1S/C25H24BrFN2OS/c1-15-14-18(10-11-21(15)26)28-25(30)29-13-12-20-19-4-2-3-5-22(19)31-24(20)23(29)16-6-8-17(27)9-7-16/h6-11,14,23H,2-5,12-13H2,1H3,(H,28,30)/t23-/m0/s1. The van der Waals surface area contributed by atoms with E-state index in [-0.39, 0.29) is 17.9 Å². The number of amides is 2. The summed E-state index contributed by atoms with van der Waals surface area (Å²) in [6, 6.07) is 12.1. The molecule has 1 N–H and O–H groups in total. The Bertz CT molecular complexity index is 1140. The zero-order valence-corrected chi connectivity index (χ0v) is 19.8. The lowest BCUT2D eigenvalue weighted by Gasteiger charge is -2.36. The van der Waals surface area contributed by atoms with Gasteiger partial charge in [-0.2, -0.15) is 0 Å². The maximum absolute atomic E-state index is 13.7. The van der Waals surface area contributed by atoms with Crippen LogP contribution < -0.4 is 5.32 Å². The summed E-state index contributed by atoms with van der Waals surface area (Å²) < 4.78 is 14.7. The van der Waals surface area contributed by atoms with Gasteiger partial charge in [-0.15, -0.1) is 11.3 Å². The zero-order chi connectivity index (χ0) is 21.5. The van der Waals surface area contributed by atoms with E-state index in [1.54, 1.807) is 0 Å². The molecule has 0 unspecified atom stereocenters. The Balaban J connectivity index is 1.52. The number of urea groups is 1. The molecule has 31 heavy (non-hydrogen) atoms. The number of anilines is 1. The summed E-state index contributed by atoms with van der Waals surface area (Å²) >= 11 is 5.37. The summed E-state index contributed by atoms with van der Waals surface area (Å²) in [4.78, 5) is 18.0. The first kappa shape index (κ1) is 20.7. The first-order valence-corrected chi connectivity index (χ1v) is 12.3. The molecule has 6 heteroatoms. The van der Waals surface area contributed by atoms with Crippen molar-refractivity contribution in [1.29, 1.82) is 0 Å². The Morgan fingerprint density at radius 1 is 1.10 bits per heavy atom. The highest BCUT2D eigenvalue weighted by Crippen LogP contribution is 2.45. The van der Waals surface area contributed by atoms with Crippen molar-refractivity contribution in [2.24, 2.45) is 0 Å². The number of benzene rings is 2. The van der Waals surface area contributed by atoms with E-state index in [2.05, 4.69) is 21.2 Å². The van der Waals surface area contributed by atoms with Gasteiger partial charge in [0.05, 0.1) is 6.04 Å². The monoisotopic (exact) mass is 498 g/mol. The molecular weight excluding hydrogens is 475 g/mol. The topological polar surface area (TPSA) is 32.3 Å². The molecule has 5 rings (SSSR count). The van der Waals surface area contributed by atoms with Crippen molar-refractivity contribution >= 4 is 39.0 Å². The number of hydrogen-bond acceptors (Lipinski definition) is 2. The van der Waals surface area contributed by atoms with Crippen molar-refractivity contribution in [3.63, 3.8) is 0 Å². The van der Waals surface area contributed by atoms with Gasteiger partial charge in [-0.1, -0.05) is 28.1 Å². The summed E-state index contributed by atoms with van der Waals surface area (Å²) in [6.07, 6.45) is 5.63. The van der Waals surface area contributed by atoms with E-state index in [1.807, 2.05) is 53.5 Å². The van der Waals surface area contributed by atoms with Gasteiger partial charge in [0, 0.05) is 26.5 Å². The molecule has 1 aliphatic heterocycles. The van der Waals surface area contributed by atoms with Crippen LogP contribution in [-0.4, -0.2) is 17.5 Å². The van der Waals surface area contributed by atoms with E-state index >= 15 is 0 Å². The van der Waals surface area contributed by atoms with Gasteiger partial charge in [0.2, 0.25) is 0 Å². The van der Waals surface area contributed by atoms with Crippen LogP contribution in [0.15, 0.2) is 46.9 Å². The Kier molecular flexibility index (Phi) is 5.61. The summed E-state index contributed by atoms with van der Waals surface area (Å²) in [5, 5.41) is 3.08. The average molecular weight is 499 g/mol. The molecule has 3 aromatic rings. The van der Waals surface area contributed by atoms with Crippen molar-refractivity contribution in [1.82, 2.24) is 4.90 Å². The Morgan fingerprint density at radius 3 is 2.65 bits per heavy atom. The third-order valence-electron chi connectivity index (χ3n) is 6.33. The number of carbonyl (C=O) groups excluding carboxylic acids is 1. The lowest BCUT2D eigenvalue weighted by molar-refractivity contribution is 0.195. The van der Waals surface area contributed by atoms with Crippen LogP contribution in [0, 0.1) is 12.7 Å². The van der Waals surface area contributed by atoms with Crippen LogP contribution in [0.1, 0.15) is 50.9 Å². The predicted molar refractivity (Wildman–Crippen MR) is 128 cm³/mol. The van der Waals surface area contributed by atoms with E-state index in [1.165, 1.54) is 45.9 Å². The van der Waals surface area contributed by atoms with Crippen molar-refractivity contribution in [2.45, 2.75) is 45.1 Å². The van der Waals surface area contributed by atoms with Gasteiger partial charge >= 0.3 is 6.03 Å². The molecule has 3 nitrogen and oxygen atoms in total. The van der Waals surface area contributed by atoms with E-state index in [0.717, 1.165) is 40.5 Å². The molecule has 0 saturated heterocycles. The number of thiophene rings is 1. The van der Waals surface area contributed by atoms with E-state index in [4.69, 9.17) is 0 Å². The third kappa shape index (κ3) is 3.92. The fraction of sp³-hybridized carbons (Fsp3) is 0.320. The quantitative estimate of drug-likeness (QED) is 0.404. The SMILES string of the molecule is Cc1cc(NC(=O)N2CCc3c(sc4c3CCCC4)[C@@H]2c2ccc(F)cc2)ccc1Br. The lowest BCUT2D eigenvalue weighted by atomic mass is 9.88.